The van der Waals surface area contributed by atoms with E-state index in [1.54, 1.807) is 30.3 Å². The molecular formula is C18H25N3O2S2. The standard InChI is InChI=1S/C18H25N3O2S2/c1-18(2,3)12-6-7-13-11(8-12)9-14(25-13)16-19-20-17(23-16)24-10-15(22)21(4)5/h9,12H,6-8,10H2,1-5H3/t12-/m1/s1. The molecule has 0 radical (unpaired) electrons. The predicted octanol–water partition coefficient (Wildman–Crippen LogP) is 4.13. The fourth-order valence-corrected chi connectivity index (χ4v) is 4.86. The van der Waals surface area contributed by atoms with Gasteiger partial charge in [0.25, 0.3) is 11.1 Å². The smallest absolute Gasteiger partial charge is 0.277 e. The molecule has 0 saturated heterocycles. The highest BCUT2D eigenvalue weighted by Crippen LogP contribution is 2.42. The van der Waals surface area contributed by atoms with Gasteiger partial charge < -0.3 is 9.32 Å². The molecule has 0 N–H and O–H groups in total. The molecule has 1 aliphatic rings. The lowest BCUT2D eigenvalue weighted by Gasteiger charge is -2.33. The van der Waals surface area contributed by atoms with Gasteiger partial charge in [-0.05, 0) is 42.2 Å². The van der Waals surface area contributed by atoms with Crippen LogP contribution in [-0.4, -0.2) is 40.9 Å². The molecule has 0 bridgehead atoms. The van der Waals surface area contributed by atoms with Gasteiger partial charge in [-0.15, -0.1) is 21.5 Å². The van der Waals surface area contributed by atoms with Crippen LogP contribution >= 0.6 is 23.1 Å². The fourth-order valence-electron chi connectivity index (χ4n) is 2.99. The Labute approximate surface area is 157 Å². The molecule has 0 unspecified atom stereocenters. The maximum absolute atomic E-state index is 11.7. The molecule has 5 nitrogen and oxygen atoms in total. The number of nitrogens with zero attached hydrogens (tertiary/aromatic N) is 3. The molecule has 1 atom stereocenters. The topological polar surface area (TPSA) is 59.2 Å². The van der Waals surface area contributed by atoms with Crippen molar-refractivity contribution in [1.29, 1.82) is 0 Å². The van der Waals surface area contributed by atoms with Crippen molar-refractivity contribution in [2.75, 3.05) is 19.8 Å². The van der Waals surface area contributed by atoms with Crippen molar-refractivity contribution in [2.24, 2.45) is 11.3 Å². The van der Waals surface area contributed by atoms with Gasteiger partial charge in [-0.3, -0.25) is 4.79 Å². The third-order valence-electron chi connectivity index (χ3n) is 4.74. The van der Waals surface area contributed by atoms with Crippen molar-refractivity contribution in [2.45, 2.75) is 45.3 Å². The van der Waals surface area contributed by atoms with E-state index in [2.05, 4.69) is 37.0 Å². The Bertz CT molecular complexity index is 759. The number of amides is 1. The summed E-state index contributed by atoms with van der Waals surface area (Å²) in [5.41, 5.74) is 1.77. The summed E-state index contributed by atoms with van der Waals surface area (Å²) >= 11 is 3.05. The van der Waals surface area contributed by atoms with Gasteiger partial charge in [-0.2, -0.15) is 0 Å². The van der Waals surface area contributed by atoms with Crippen LogP contribution in [0.25, 0.3) is 10.8 Å². The van der Waals surface area contributed by atoms with Gasteiger partial charge in [0.15, 0.2) is 0 Å². The Kier molecular flexibility index (Phi) is 5.25. The monoisotopic (exact) mass is 379 g/mol. The number of rotatable bonds is 4. The summed E-state index contributed by atoms with van der Waals surface area (Å²) in [4.78, 5) is 15.7. The first-order chi connectivity index (χ1) is 11.7. The number of aromatic nitrogens is 2. The van der Waals surface area contributed by atoms with Gasteiger partial charge in [-0.25, -0.2) is 0 Å². The highest BCUT2D eigenvalue weighted by atomic mass is 32.2. The summed E-state index contributed by atoms with van der Waals surface area (Å²) < 4.78 is 5.75. The second-order valence-corrected chi connectivity index (χ2v) is 9.88. The Hall–Kier alpha value is -1.34. The molecule has 2 aromatic heterocycles. The molecular weight excluding hydrogens is 354 g/mol. The molecule has 1 aliphatic carbocycles. The first-order valence-corrected chi connectivity index (χ1v) is 10.3. The van der Waals surface area contributed by atoms with Crippen molar-refractivity contribution in [3.05, 3.63) is 16.5 Å². The average Bonchev–Trinajstić information content (AvgIpc) is 3.17. The molecule has 1 amide bonds. The first kappa shape index (κ1) is 18.5. The van der Waals surface area contributed by atoms with Crippen LogP contribution in [0.15, 0.2) is 15.7 Å². The predicted molar refractivity (Wildman–Crippen MR) is 102 cm³/mol. The van der Waals surface area contributed by atoms with E-state index >= 15 is 0 Å². The van der Waals surface area contributed by atoms with Crippen LogP contribution < -0.4 is 0 Å². The molecule has 3 rings (SSSR count). The quantitative estimate of drug-likeness (QED) is 0.748. The van der Waals surface area contributed by atoms with E-state index in [-0.39, 0.29) is 5.91 Å². The van der Waals surface area contributed by atoms with E-state index in [1.807, 2.05) is 0 Å². The lowest BCUT2D eigenvalue weighted by molar-refractivity contribution is -0.125. The van der Waals surface area contributed by atoms with Gasteiger partial charge in [-0.1, -0.05) is 32.5 Å². The number of carbonyl (C=O) groups is 1. The normalized spacial score (nSPS) is 17.4. The van der Waals surface area contributed by atoms with Gasteiger partial charge in [0.1, 0.15) is 0 Å². The molecule has 136 valence electrons. The minimum Gasteiger partial charge on any atom is -0.410 e. The molecule has 2 heterocycles. The van der Waals surface area contributed by atoms with Crippen molar-refractivity contribution < 1.29 is 9.21 Å². The van der Waals surface area contributed by atoms with E-state index in [0.717, 1.165) is 17.7 Å². The zero-order valence-electron chi connectivity index (χ0n) is 15.5. The highest BCUT2D eigenvalue weighted by Gasteiger charge is 2.30. The maximum Gasteiger partial charge on any atom is 0.277 e. The second-order valence-electron chi connectivity index (χ2n) is 7.81. The molecule has 0 fully saturated rings. The summed E-state index contributed by atoms with van der Waals surface area (Å²) in [7, 11) is 3.48. The van der Waals surface area contributed by atoms with E-state index in [0.29, 0.717) is 28.2 Å². The minimum absolute atomic E-state index is 0.0320. The average molecular weight is 380 g/mol. The lowest BCUT2D eigenvalue weighted by Crippen LogP contribution is -2.26. The van der Waals surface area contributed by atoms with Crippen LogP contribution in [0.3, 0.4) is 0 Å². The number of thioether (sulfide) groups is 1. The number of thiophene rings is 1. The summed E-state index contributed by atoms with van der Waals surface area (Å²) in [6, 6.07) is 2.21. The molecule has 2 aromatic rings. The number of aryl methyl sites for hydroxylation is 1. The molecule has 0 aliphatic heterocycles. The van der Waals surface area contributed by atoms with E-state index < -0.39 is 0 Å². The summed E-state index contributed by atoms with van der Waals surface area (Å²) in [6.45, 7) is 6.98. The number of fused-ring (bicyclic) bond motifs is 1. The van der Waals surface area contributed by atoms with Gasteiger partial charge in [0.05, 0.1) is 10.6 Å². The lowest BCUT2D eigenvalue weighted by atomic mass is 9.72. The van der Waals surface area contributed by atoms with Crippen molar-refractivity contribution in [1.82, 2.24) is 15.1 Å². The van der Waals surface area contributed by atoms with E-state index in [4.69, 9.17) is 4.42 Å². The number of hydrogen-bond donors (Lipinski definition) is 0. The third kappa shape index (κ3) is 4.26. The minimum atomic E-state index is 0.0320. The molecule has 0 spiro atoms. The van der Waals surface area contributed by atoms with Crippen LogP contribution in [0.4, 0.5) is 0 Å². The Morgan fingerprint density at radius 3 is 2.84 bits per heavy atom. The highest BCUT2D eigenvalue weighted by molar-refractivity contribution is 7.99. The Morgan fingerprint density at radius 2 is 2.16 bits per heavy atom. The number of carbonyl (C=O) groups excluding carboxylic acids is 1. The summed E-state index contributed by atoms with van der Waals surface area (Å²) in [5.74, 6) is 1.62. The second kappa shape index (κ2) is 7.11. The molecule has 7 heteroatoms. The fraction of sp³-hybridized carbons (Fsp3) is 0.611. The van der Waals surface area contributed by atoms with Crippen LogP contribution in [0.2, 0.25) is 0 Å². The molecule has 25 heavy (non-hydrogen) atoms. The van der Waals surface area contributed by atoms with Crippen LogP contribution in [0.1, 0.15) is 37.6 Å². The van der Waals surface area contributed by atoms with Crippen molar-refractivity contribution in [3.63, 3.8) is 0 Å². The number of hydrogen-bond acceptors (Lipinski definition) is 6. The van der Waals surface area contributed by atoms with E-state index in [1.165, 1.54) is 28.6 Å². The molecule has 0 saturated carbocycles. The van der Waals surface area contributed by atoms with Gasteiger partial charge in [0, 0.05) is 19.0 Å². The first-order valence-electron chi connectivity index (χ1n) is 8.52. The van der Waals surface area contributed by atoms with Crippen molar-refractivity contribution in [3.8, 4) is 10.8 Å². The van der Waals surface area contributed by atoms with Crippen LogP contribution in [0.5, 0.6) is 0 Å². The van der Waals surface area contributed by atoms with E-state index in [9.17, 15) is 4.79 Å². The zero-order valence-corrected chi connectivity index (χ0v) is 17.1. The Balaban J connectivity index is 1.70. The third-order valence-corrected chi connectivity index (χ3v) is 6.77. The van der Waals surface area contributed by atoms with Crippen LogP contribution in [0, 0.1) is 11.3 Å². The largest absolute Gasteiger partial charge is 0.410 e. The SMILES string of the molecule is CN(C)C(=O)CSc1nnc(-c2cc3c(s2)CC[C@@H](C(C)(C)C)C3)o1. The molecule has 0 aromatic carbocycles. The summed E-state index contributed by atoms with van der Waals surface area (Å²) in [5, 5.41) is 8.68. The zero-order chi connectivity index (χ0) is 18.2. The Morgan fingerprint density at radius 1 is 1.40 bits per heavy atom. The van der Waals surface area contributed by atoms with Gasteiger partial charge in [0.2, 0.25) is 5.91 Å². The van der Waals surface area contributed by atoms with Crippen LogP contribution in [-0.2, 0) is 17.6 Å². The summed E-state index contributed by atoms with van der Waals surface area (Å²) in [6.07, 6.45) is 3.51. The maximum atomic E-state index is 11.7. The van der Waals surface area contributed by atoms with Gasteiger partial charge >= 0.3 is 0 Å². The van der Waals surface area contributed by atoms with Crippen molar-refractivity contribution >= 4 is 29.0 Å².